The molecule has 1 saturated heterocycles. The van der Waals surface area contributed by atoms with Gasteiger partial charge in [0.15, 0.2) is 0 Å². The summed E-state index contributed by atoms with van der Waals surface area (Å²) in [6.45, 7) is 4.61. The van der Waals surface area contributed by atoms with Gasteiger partial charge in [0, 0.05) is 44.0 Å². The van der Waals surface area contributed by atoms with E-state index in [1.807, 2.05) is 10.9 Å². The molecule has 0 spiro atoms. The first-order valence-corrected chi connectivity index (χ1v) is 9.73. The van der Waals surface area contributed by atoms with Crippen molar-refractivity contribution < 1.29 is 9.13 Å². The fourth-order valence-electron chi connectivity index (χ4n) is 4.09. The Balaban J connectivity index is 1.47. The first kappa shape index (κ1) is 17.6. The number of aryl methyl sites for hydroxylation is 1. The average Bonchev–Trinajstić information content (AvgIpc) is 3.38. The lowest BCUT2D eigenvalue weighted by Gasteiger charge is -2.33. The van der Waals surface area contributed by atoms with E-state index in [0.29, 0.717) is 11.8 Å². The SMILES string of the molecule is CCn1nccc1[C@@H]1OCCC[C@H]1CNC(c1cncc(F)c1)C1CC1. The number of halogens is 1. The van der Waals surface area contributed by atoms with Gasteiger partial charge in [0.05, 0.1) is 11.9 Å². The molecule has 2 aromatic rings. The molecule has 5 nitrogen and oxygen atoms in total. The minimum absolute atomic E-state index is 0.0733. The number of rotatable bonds is 7. The second kappa shape index (κ2) is 7.84. The number of nitrogens with zero attached hydrogens (tertiary/aromatic N) is 3. The van der Waals surface area contributed by atoms with Crippen LogP contribution in [-0.2, 0) is 11.3 Å². The van der Waals surface area contributed by atoms with Crippen molar-refractivity contribution in [1.29, 1.82) is 0 Å². The molecule has 3 heterocycles. The van der Waals surface area contributed by atoms with Gasteiger partial charge < -0.3 is 10.1 Å². The second-order valence-corrected chi connectivity index (χ2v) is 7.43. The lowest BCUT2D eigenvalue weighted by atomic mass is 9.91. The van der Waals surface area contributed by atoms with Crippen LogP contribution in [-0.4, -0.2) is 27.9 Å². The van der Waals surface area contributed by atoms with Gasteiger partial charge in [-0.1, -0.05) is 0 Å². The monoisotopic (exact) mass is 358 g/mol. The van der Waals surface area contributed by atoms with E-state index < -0.39 is 0 Å². The largest absolute Gasteiger partial charge is 0.372 e. The Hall–Kier alpha value is -1.79. The summed E-state index contributed by atoms with van der Waals surface area (Å²) >= 11 is 0. The van der Waals surface area contributed by atoms with Gasteiger partial charge in [-0.2, -0.15) is 5.10 Å². The highest BCUT2D eigenvalue weighted by Crippen LogP contribution is 2.42. The highest BCUT2D eigenvalue weighted by Gasteiger charge is 2.35. The molecule has 1 N–H and O–H groups in total. The highest BCUT2D eigenvalue weighted by molar-refractivity contribution is 5.18. The molecular formula is C20H27FN4O. The predicted molar refractivity (Wildman–Crippen MR) is 97.0 cm³/mol. The Morgan fingerprint density at radius 3 is 3.00 bits per heavy atom. The minimum atomic E-state index is -0.263. The third-order valence-electron chi connectivity index (χ3n) is 5.56. The molecule has 1 aliphatic heterocycles. The van der Waals surface area contributed by atoms with Crippen LogP contribution < -0.4 is 5.32 Å². The van der Waals surface area contributed by atoms with Crippen LogP contribution in [0.1, 0.15) is 56.0 Å². The van der Waals surface area contributed by atoms with E-state index in [9.17, 15) is 4.39 Å². The molecule has 3 atom stereocenters. The maximum atomic E-state index is 13.6. The van der Waals surface area contributed by atoms with Crippen molar-refractivity contribution in [3.63, 3.8) is 0 Å². The quantitative estimate of drug-likeness (QED) is 0.821. The van der Waals surface area contributed by atoms with Crippen molar-refractivity contribution in [1.82, 2.24) is 20.1 Å². The van der Waals surface area contributed by atoms with Crippen molar-refractivity contribution in [3.8, 4) is 0 Å². The van der Waals surface area contributed by atoms with E-state index >= 15 is 0 Å². The van der Waals surface area contributed by atoms with Crippen molar-refractivity contribution in [2.45, 2.75) is 51.3 Å². The minimum Gasteiger partial charge on any atom is -0.372 e. The molecule has 4 rings (SSSR count). The van der Waals surface area contributed by atoms with Crippen LogP contribution >= 0.6 is 0 Å². The molecule has 2 fully saturated rings. The topological polar surface area (TPSA) is 52.0 Å². The number of hydrogen-bond acceptors (Lipinski definition) is 4. The normalized spacial score (nSPS) is 24.5. The van der Waals surface area contributed by atoms with Gasteiger partial charge in [-0.15, -0.1) is 0 Å². The van der Waals surface area contributed by atoms with Crippen LogP contribution in [0.25, 0.3) is 0 Å². The van der Waals surface area contributed by atoms with Gasteiger partial charge in [0.25, 0.3) is 0 Å². The number of pyridine rings is 1. The molecule has 6 heteroatoms. The second-order valence-electron chi connectivity index (χ2n) is 7.43. The molecule has 140 valence electrons. The summed E-state index contributed by atoms with van der Waals surface area (Å²) in [5.74, 6) is 0.719. The van der Waals surface area contributed by atoms with E-state index in [0.717, 1.165) is 43.8 Å². The van der Waals surface area contributed by atoms with E-state index in [2.05, 4.69) is 28.4 Å². The van der Waals surface area contributed by atoms with Crippen LogP contribution in [0.2, 0.25) is 0 Å². The summed E-state index contributed by atoms with van der Waals surface area (Å²) in [7, 11) is 0. The van der Waals surface area contributed by atoms with Crippen molar-refractivity contribution in [2.75, 3.05) is 13.2 Å². The summed E-state index contributed by atoms with van der Waals surface area (Å²) in [4.78, 5) is 4.04. The van der Waals surface area contributed by atoms with Crippen molar-refractivity contribution in [2.24, 2.45) is 11.8 Å². The molecule has 0 amide bonds. The Kier molecular flexibility index (Phi) is 5.31. The Morgan fingerprint density at radius 2 is 2.23 bits per heavy atom. The predicted octanol–water partition coefficient (Wildman–Crippen LogP) is 3.65. The zero-order valence-corrected chi connectivity index (χ0v) is 15.3. The molecule has 1 saturated carbocycles. The fraction of sp³-hybridized carbons (Fsp3) is 0.600. The molecule has 1 aliphatic carbocycles. The van der Waals surface area contributed by atoms with Gasteiger partial charge in [-0.25, -0.2) is 4.39 Å². The molecule has 2 aromatic heterocycles. The molecule has 2 aliphatic rings. The summed E-state index contributed by atoms with van der Waals surface area (Å²) in [6, 6.07) is 3.86. The van der Waals surface area contributed by atoms with Gasteiger partial charge in [0.2, 0.25) is 0 Å². The molecule has 0 radical (unpaired) electrons. The Morgan fingerprint density at radius 1 is 1.35 bits per heavy atom. The van der Waals surface area contributed by atoms with E-state index in [-0.39, 0.29) is 18.0 Å². The zero-order chi connectivity index (χ0) is 17.9. The lowest BCUT2D eigenvalue weighted by Crippen LogP contribution is -2.35. The molecule has 1 unspecified atom stereocenters. The molecule has 26 heavy (non-hydrogen) atoms. The molecule has 0 bridgehead atoms. The zero-order valence-electron chi connectivity index (χ0n) is 15.3. The lowest BCUT2D eigenvalue weighted by molar-refractivity contribution is -0.0335. The standard InChI is InChI=1S/C20H27FN4O/c1-2-25-18(7-8-24-25)20-15(4-3-9-26-20)12-23-19(14-5-6-14)16-10-17(21)13-22-11-16/h7-8,10-11,13-15,19-20,23H,2-6,9,12H2,1H3/t15-,19?,20+/m0/s1. The first-order valence-electron chi connectivity index (χ1n) is 9.73. The van der Waals surface area contributed by atoms with Crippen molar-refractivity contribution in [3.05, 3.63) is 47.8 Å². The molecular weight excluding hydrogens is 331 g/mol. The smallest absolute Gasteiger partial charge is 0.141 e. The maximum Gasteiger partial charge on any atom is 0.141 e. The number of aromatic nitrogens is 3. The highest BCUT2D eigenvalue weighted by atomic mass is 19.1. The summed E-state index contributed by atoms with van der Waals surface area (Å²) in [6.07, 6.45) is 9.59. The van der Waals surface area contributed by atoms with E-state index in [1.165, 1.54) is 19.0 Å². The Bertz CT molecular complexity index is 730. The first-order chi connectivity index (χ1) is 12.8. The number of hydrogen-bond donors (Lipinski definition) is 1. The third-order valence-corrected chi connectivity index (χ3v) is 5.56. The van der Waals surface area contributed by atoms with Crippen molar-refractivity contribution >= 4 is 0 Å². The van der Waals surface area contributed by atoms with Gasteiger partial charge in [-0.05, 0) is 56.2 Å². The van der Waals surface area contributed by atoms with Gasteiger partial charge >= 0.3 is 0 Å². The van der Waals surface area contributed by atoms with Gasteiger partial charge in [-0.3, -0.25) is 9.67 Å². The van der Waals surface area contributed by atoms with Crippen LogP contribution in [0.3, 0.4) is 0 Å². The van der Waals surface area contributed by atoms with Crippen LogP contribution in [0.4, 0.5) is 4.39 Å². The maximum absolute atomic E-state index is 13.6. The third kappa shape index (κ3) is 3.81. The number of nitrogens with one attached hydrogen (secondary N) is 1. The van der Waals surface area contributed by atoms with Gasteiger partial charge in [0.1, 0.15) is 11.9 Å². The fourth-order valence-corrected chi connectivity index (χ4v) is 4.09. The van der Waals surface area contributed by atoms with Crippen LogP contribution in [0.5, 0.6) is 0 Å². The van der Waals surface area contributed by atoms with E-state index in [1.54, 1.807) is 12.3 Å². The Labute approximate surface area is 154 Å². The summed E-state index contributed by atoms with van der Waals surface area (Å²) in [5, 5.41) is 8.11. The number of ether oxygens (including phenoxy) is 1. The van der Waals surface area contributed by atoms with Crippen LogP contribution in [0, 0.1) is 17.7 Å². The molecule has 0 aromatic carbocycles. The van der Waals surface area contributed by atoms with E-state index in [4.69, 9.17) is 4.74 Å². The summed E-state index contributed by atoms with van der Waals surface area (Å²) in [5.41, 5.74) is 2.12. The van der Waals surface area contributed by atoms with Crippen LogP contribution in [0.15, 0.2) is 30.7 Å². The average molecular weight is 358 g/mol. The summed E-state index contributed by atoms with van der Waals surface area (Å²) < 4.78 is 21.8.